The second kappa shape index (κ2) is 64.9. The molecule has 0 aliphatic carbocycles. The van der Waals surface area contributed by atoms with E-state index in [1.807, 2.05) is 0 Å². The van der Waals surface area contributed by atoms with Crippen LogP contribution in [0.25, 0.3) is 0 Å². The van der Waals surface area contributed by atoms with Crippen LogP contribution in [0.5, 0.6) is 0 Å². The highest BCUT2D eigenvalue weighted by atomic mass is 16.6. The molecule has 0 heterocycles. The highest BCUT2D eigenvalue weighted by molar-refractivity contribution is 5.71. The maximum Gasteiger partial charge on any atom is 0.306 e. The largest absolute Gasteiger partial charge is 0.462 e. The van der Waals surface area contributed by atoms with Crippen molar-refractivity contribution in [3.8, 4) is 0 Å². The zero-order valence-corrected chi connectivity index (χ0v) is 50.7. The van der Waals surface area contributed by atoms with Crippen LogP contribution < -0.4 is 0 Å². The molecular formula is C71H122O6. The van der Waals surface area contributed by atoms with Crippen LogP contribution in [0.2, 0.25) is 0 Å². The van der Waals surface area contributed by atoms with Gasteiger partial charge in [0, 0.05) is 19.3 Å². The quantitative estimate of drug-likeness (QED) is 0.0261. The molecule has 0 aliphatic rings. The molecule has 442 valence electrons. The predicted octanol–water partition coefficient (Wildman–Crippen LogP) is 22.4. The normalized spacial score (nSPS) is 12.7. The van der Waals surface area contributed by atoms with Crippen molar-refractivity contribution in [1.29, 1.82) is 0 Å². The van der Waals surface area contributed by atoms with Gasteiger partial charge in [-0.2, -0.15) is 0 Å². The SMILES string of the molecule is CC/C=C\C/C=C\C/C=C\C/C=C\C/C=C\CCCCCC(=O)OC(COC(=O)CCCCC/C=C\C/C=C\C/C=C\CC)COC(=O)CCCCCCCCCCCCCCCCCCCCCCCCCCCCC. The Bertz CT molecular complexity index is 1510. The first-order chi connectivity index (χ1) is 38.0. The Labute approximate surface area is 477 Å². The summed E-state index contributed by atoms with van der Waals surface area (Å²) >= 11 is 0. The van der Waals surface area contributed by atoms with Gasteiger partial charge in [-0.15, -0.1) is 0 Å². The molecule has 0 saturated heterocycles. The average molecular weight is 1070 g/mol. The van der Waals surface area contributed by atoms with E-state index < -0.39 is 6.10 Å². The minimum Gasteiger partial charge on any atom is -0.462 e. The summed E-state index contributed by atoms with van der Waals surface area (Å²) in [5.41, 5.74) is 0. The Morgan fingerprint density at radius 2 is 0.506 bits per heavy atom. The molecule has 0 rings (SSSR count). The first-order valence-corrected chi connectivity index (χ1v) is 32.7. The number of ether oxygens (including phenoxy) is 3. The molecule has 0 radical (unpaired) electrons. The molecule has 0 N–H and O–H groups in total. The van der Waals surface area contributed by atoms with Gasteiger partial charge in [0.25, 0.3) is 0 Å². The van der Waals surface area contributed by atoms with Gasteiger partial charge in [-0.05, 0) is 96.3 Å². The third-order valence-corrected chi connectivity index (χ3v) is 14.1. The zero-order valence-electron chi connectivity index (χ0n) is 50.7. The van der Waals surface area contributed by atoms with Gasteiger partial charge in [-0.25, -0.2) is 0 Å². The maximum absolute atomic E-state index is 12.9. The Hall–Kier alpha value is -3.67. The van der Waals surface area contributed by atoms with Crippen molar-refractivity contribution in [2.45, 2.75) is 322 Å². The van der Waals surface area contributed by atoms with Crippen LogP contribution in [0.15, 0.2) is 97.2 Å². The highest BCUT2D eigenvalue weighted by Gasteiger charge is 2.19. The Kier molecular flexibility index (Phi) is 61.8. The molecule has 77 heavy (non-hydrogen) atoms. The van der Waals surface area contributed by atoms with E-state index in [4.69, 9.17) is 14.2 Å². The van der Waals surface area contributed by atoms with Gasteiger partial charge < -0.3 is 14.2 Å². The summed E-state index contributed by atoms with van der Waals surface area (Å²) in [5, 5.41) is 0. The van der Waals surface area contributed by atoms with Gasteiger partial charge in [0.2, 0.25) is 0 Å². The minimum absolute atomic E-state index is 0.0988. The van der Waals surface area contributed by atoms with Crippen LogP contribution in [0.1, 0.15) is 316 Å². The third kappa shape index (κ3) is 63.0. The predicted molar refractivity (Wildman–Crippen MR) is 334 cm³/mol. The number of carbonyl (C=O) groups is 3. The number of allylic oxidation sites excluding steroid dienone is 16. The fraction of sp³-hybridized carbons (Fsp3) is 0.732. The second-order valence-corrected chi connectivity index (χ2v) is 21.6. The van der Waals surface area contributed by atoms with Crippen molar-refractivity contribution in [3.63, 3.8) is 0 Å². The van der Waals surface area contributed by atoms with E-state index in [0.29, 0.717) is 12.8 Å². The molecule has 1 unspecified atom stereocenters. The molecule has 0 aromatic carbocycles. The van der Waals surface area contributed by atoms with Crippen molar-refractivity contribution >= 4 is 17.9 Å². The van der Waals surface area contributed by atoms with Crippen molar-refractivity contribution < 1.29 is 28.6 Å². The van der Waals surface area contributed by atoms with Crippen molar-refractivity contribution in [1.82, 2.24) is 0 Å². The van der Waals surface area contributed by atoms with E-state index in [1.54, 1.807) is 0 Å². The molecular weight excluding hydrogens is 949 g/mol. The summed E-state index contributed by atoms with van der Waals surface area (Å²) in [6, 6.07) is 0. The molecule has 1 atom stereocenters. The van der Waals surface area contributed by atoms with E-state index in [9.17, 15) is 14.4 Å². The van der Waals surface area contributed by atoms with Crippen LogP contribution in [0.4, 0.5) is 0 Å². The highest BCUT2D eigenvalue weighted by Crippen LogP contribution is 2.17. The summed E-state index contributed by atoms with van der Waals surface area (Å²) in [6.45, 7) is 6.39. The topological polar surface area (TPSA) is 78.9 Å². The van der Waals surface area contributed by atoms with Gasteiger partial charge in [0.05, 0.1) is 0 Å². The number of esters is 3. The smallest absolute Gasteiger partial charge is 0.306 e. The summed E-state index contributed by atoms with van der Waals surface area (Å²) in [7, 11) is 0. The van der Waals surface area contributed by atoms with Crippen molar-refractivity contribution in [2.75, 3.05) is 13.2 Å². The molecule has 0 spiro atoms. The molecule has 0 aromatic rings. The molecule has 0 aliphatic heterocycles. The van der Waals surface area contributed by atoms with Gasteiger partial charge in [0.15, 0.2) is 6.10 Å². The average Bonchev–Trinajstić information content (AvgIpc) is 3.43. The van der Waals surface area contributed by atoms with E-state index in [1.165, 1.54) is 154 Å². The molecule has 0 fully saturated rings. The summed E-state index contributed by atoms with van der Waals surface area (Å²) in [5.74, 6) is -0.952. The van der Waals surface area contributed by atoms with Gasteiger partial charge in [-0.1, -0.05) is 298 Å². The molecule has 0 aromatic heterocycles. The number of unbranched alkanes of at least 4 members (excludes halogenated alkanes) is 32. The Morgan fingerprint density at radius 1 is 0.273 bits per heavy atom. The van der Waals surface area contributed by atoms with E-state index in [0.717, 1.165) is 122 Å². The fourth-order valence-electron chi connectivity index (χ4n) is 9.25. The van der Waals surface area contributed by atoms with Gasteiger partial charge in [0.1, 0.15) is 13.2 Å². The lowest BCUT2D eigenvalue weighted by molar-refractivity contribution is -0.167. The summed E-state index contributed by atoms with van der Waals surface area (Å²) in [4.78, 5) is 38.3. The summed E-state index contributed by atoms with van der Waals surface area (Å²) < 4.78 is 16.9. The van der Waals surface area contributed by atoms with Crippen LogP contribution in [-0.2, 0) is 28.6 Å². The van der Waals surface area contributed by atoms with Crippen molar-refractivity contribution in [2.24, 2.45) is 0 Å². The monoisotopic (exact) mass is 1070 g/mol. The molecule has 6 nitrogen and oxygen atoms in total. The van der Waals surface area contributed by atoms with Crippen LogP contribution in [-0.4, -0.2) is 37.2 Å². The molecule has 6 heteroatoms. The third-order valence-electron chi connectivity index (χ3n) is 14.1. The Balaban J connectivity index is 4.30. The lowest BCUT2D eigenvalue weighted by atomic mass is 10.0. The minimum atomic E-state index is -0.808. The van der Waals surface area contributed by atoms with Gasteiger partial charge >= 0.3 is 17.9 Å². The van der Waals surface area contributed by atoms with E-state index in [2.05, 4.69) is 118 Å². The zero-order chi connectivity index (χ0) is 55.7. The van der Waals surface area contributed by atoms with Crippen LogP contribution >= 0.6 is 0 Å². The number of hydrogen-bond acceptors (Lipinski definition) is 6. The summed E-state index contributed by atoms with van der Waals surface area (Å²) in [6.07, 6.45) is 87.2. The lowest BCUT2D eigenvalue weighted by Gasteiger charge is -2.18. The van der Waals surface area contributed by atoms with Crippen molar-refractivity contribution in [3.05, 3.63) is 97.2 Å². The molecule has 0 saturated carbocycles. The standard InChI is InChI=1S/C71H122O6/c1-4-7-10-13-16-19-22-25-27-29-31-32-33-34-35-36-37-38-40-41-43-46-49-52-55-58-61-64-70(73)76-67-68(66-75-69(72)63-60-57-54-51-48-45-24-21-18-15-12-9-6-3)77-71(74)65-62-59-56-53-50-47-44-42-39-30-28-26-23-20-17-14-11-8-5-2/h8-9,11-12,17-18,20-21,26,28,39,42,45,47-48,50,68H,4-7,10,13-16,19,22-25,27,29-38,40-41,43-44,46,49,51-67H2,1-3H3/b11-8-,12-9-,20-17-,21-18-,28-26-,42-39-,48-45-,50-47-. The Morgan fingerprint density at radius 3 is 0.792 bits per heavy atom. The van der Waals surface area contributed by atoms with Crippen LogP contribution in [0.3, 0.4) is 0 Å². The number of carbonyl (C=O) groups excluding carboxylic acids is 3. The fourth-order valence-corrected chi connectivity index (χ4v) is 9.25. The number of hydrogen-bond donors (Lipinski definition) is 0. The van der Waals surface area contributed by atoms with Crippen LogP contribution in [0, 0.1) is 0 Å². The lowest BCUT2D eigenvalue weighted by Crippen LogP contribution is -2.30. The maximum atomic E-state index is 12.9. The first kappa shape index (κ1) is 73.3. The number of rotatable bonds is 59. The second-order valence-electron chi connectivity index (χ2n) is 21.6. The molecule has 0 amide bonds. The van der Waals surface area contributed by atoms with Gasteiger partial charge in [-0.3, -0.25) is 14.4 Å². The first-order valence-electron chi connectivity index (χ1n) is 32.7. The van der Waals surface area contributed by atoms with E-state index >= 15 is 0 Å². The van der Waals surface area contributed by atoms with E-state index in [-0.39, 0.29) is 37.5 Å². The molecule has 0 bridgehead atoms.